The first kappa shape index (κ1) is 20.5. The van der Waals surface area contributed by atoms with Gasteiger partial charge in [0.25, 0.3) is 10.0 Å². The highest BCUT2D eigenvalue weighted by molar-refractivity contribution is 7.92. The number of anilines is 1. The summed E-state index contributed by atoms with van der Waals surface area (Å²) in [6.45, 7) is 0. The molecule has 0 saturated carbocycles. The predicted octanol–water partition coefficient (Wildman–Crippen LogP) is 4.50. The van der Waals surface area contributed by atoms with Crippen LogP contribution in [0.5, 0.6) is 0 Å². The van der Waals surface area contributed by atoms with Crippen LogP contribution in [-0.2, 0) is 22.9 Å². The second kappa shape index (κ2) is 8.87. The summed E-state index contributed by atoms with van der Waals surface area (Å²) in [6.07, 6.45) is 1.70. The molecule has 0 radical (unpaired) electrons. The van der Waals surface area contributed by atoms with E-state index in [1.165, 1.54) is 18.2 Å². The van der Waals surface area contributed by atoms with Gasteiger partial charge in [0.05, 0.1) is 11.3 Å². The van der Waals surface area contributed by atoms with Gasteiger partial charge < -0.3 is 5.11 Å². The molecule has 0 amide bonds. The number of aryl methyl sites for hydroxylation is 2. The smallest absolute Gasteiger partial charge is 0.335 e. The van der Waals surface area contributed by atoms with E-state index in [0.29, 0.717) is 24.9 Å². The lowest BCUT2D eigenvalue weighted by Gasteiger charge is -2.13. The van der Waals surface area contributed by atoms with E-state index < -0.39 is 26.7 Å². The first-order valence-electron chi connectivity index (χ1n) is 9.05. The Kier molecular flexibility index (Phi) is 6.29. The fraction of sp³-hybridized carbons (Fsp3) is 0.136. The maximum absolute atomic E-state index is 13.9. The highest BCUT2D eigenvalue weighted by Crippen LogP contribution is 2.23. The summed E-state index contributed by atoms with van der Waals surface area (Å²) >= 11 is 0. The molecule has 0 fully saturated rings. The molecule has 150 valence electrons. The standard InChI is InChI=1S/C22H20FNO4S/c23-19-13-4-6-15-21(19)29(27,28)24-20-14-5-2-9-17(20)11-7-10-16-8-1-3-12-18(16)22(25)26/h1-6,8-9,12-15,24H,7,10-11H2,(H,25,26). The van der Waals surface area contributed by atoms with Crippen LogP contribution in [0.25, 0.3) is 0 Å². The normalized spacial score (nSPS) is 11.2. The Labute approximate surface area is 168 Å². The Balaban J connectivity index is 1.75. The van der Waals surface area contributed by atoms with Crippen molar-refractivity contribution >= 4 is 21.7 Å². The number of carboxylic acid groups (broad SMARTS) is 1. The SMILES string of the molecule is O=C(O)c1ccccc1CCCc1ccccc1NS(=O)(=O)c1ccccc1F. The zero-order valence-electron chi connectivity index (χ0n) is 15.5. The molecule has 0 bridgehead atoms. The van der Waals surface area contributed by atoms with Crippen LogP contribution in [0, 0.1) is 5.82 Å². The van der Waals surface area contributed by atoms with E-state index >= 15 is 0 Å². The molecule has 0 spiro atoms. The molecule has 0 aromatic heterocycles. The fourth-order valence-corrected chi connectivity index (χ4v) is 4.30. The van der Waals surface area contributed by atoms with Crippen molar-refractivity contribution in [3.05, 3.63) is 95.3 Å². The first-order chi connectivity index (χ1) is 13.9. The van der Waals surface area contributed by atoms with Crippen molar-refractivity contribution in [3.8, 4) is 0 Å². The van der Waals surface area contributed by atoms with Crippen LogP contribution in [0.3, 0.4) is 0 Å². The molecule has 0 aliphatic heterocycles. The molecule has 3 aromatic carbocycles. The average molecular weight is 413 g/mol. The summed E-state index contributed by atoms with van der Waals surface area (Å²) in [6, 6.07) is 18.9. The van der Waals surface area contributed by atoms with Gasteiger partial charge in [0.15, 0.2) is 0 Å². The lowest BCUT2D eigenvalue weighted by atomic mass is 9.99. The Bertz CT molecular complexity index is 1130. The minimum absolute atomic E-state index is 0.265. The summed E-state index contributed by atoms with van der Waals surface area (Å²) in [5.74, 6) is -1.79. The van der Waals surface area contributed by atoms with Crippen molar-refractivity contribution in [2.45, 2.75) is 24.2 Å². The van der Waals surface area contributed by atoms with Gasteiger partial charge >= 0.3 is 5.97 Å². The number of nitrogens with one attached hydrogen (secondary N) is 1. The topological polar surface area (TPSA) is 83.5 Å². The van der Waals surface area contributed by atoms with Crippen LogP contribution >= 0.6 is 0 Å². The molecule has 0 aliphatic rings. The van der Waals surface area contributed by atoms with Crippen LogP contribution in [0.4, 0.5) is 10.1 Å². The van der Waals surface area contributed by atoms with Crippen molar-refractivity contribution in [1.29, 1.82) is 0 Å². The van der Waals surface area contributed by atoms with Gasteiger partial charge in [0.1, 0.15) is 10.7 Å². The van der Waals surface area contributed by atoms with Gasteiger partial charge in [-0.05, 0) is 54.7 Å². The van der Waals surface area contributed by atoms with E-state index in [1.54, 1.807) is 48.5 Å². The van der Waals surface area contributed by atoms with Crippen LogP contribution in [0.15, 0.2) is 77.7 Å². The van der Waals surface area contributed by atoms with Gasteiger partial charge in [-0.3, -0.25) is 4.72 Å². The minimum Gasteiger partial charge on any atom is -0.478 e. The van der Waals surface area contributed by atoms with E-state index in [9.17, 15) is 22.7 Å². The molecule has 5 nitrogen and oxygen atoms in total. The van der Waals surface area contributed by atoms with Gasteiger partial charge in [0, 0.05) is 0 Å². The molecule has 0 heterocycles. The maximum Gasteiger partial charge on any atom is 0.335 e. The van der Waals surface area contributed by atoms with E-state index in [4.69, 9.17) is 0 Å². The molecule has 3 rings (SSSR count). The van der Waals surface area contributed by atoms with Crippen LogP contribution in [0.1, 0.15) is 27.9 Å². The number of carbonyl (C=O) groups is 1. The lowest BCUT2D eigenvalue weighted by molar-refractivity contribution is 0.0695. The number of rotatable bonds is 8. The largest absolute Gasteiger partial charge is 0.478 e. The molecule has 7 heteroatoms. The van der Waals surface area contributed by atoms with Crippen LogP contribution < -0.4 is 4.72 Å². The predicted molar refractivity (Wildman–Crippen MR) is 109 cm³/mol. The molecule has 0 aliphatic carbocycles. The number of para-hydroxylation sites is 1. The monoisotopic (exact) mass is 413 g/mol. The quantitative estimate of drug-likeness (QED) is 0.570. The van der Waals surface area contributed by atoms with E-state index in [0.717, 1.165) is 17.2 Å². The Hall–Kier alpha value is -3.19. The van der Waals surface area contributed by atoms with Gasteiger partial charge in [-0.15, -0.1) is 0 Å². The van der Waals surface area contributed by atoms with E-state index in [-0.39, 0.29) is 5.56 Å². The van der Waals surface area contributed by atoms with Crippen molar-refractivity contribution in [2.75, 3.05) is 4.72 Å². The maximum atomic E-state index is 13.9. The Morgan fingerprint density at radius 2 is 1.45 bits per heavy atom. The van der Waals surface area contributed by atoms with Crippen LogP contribution in [0.2, 0.25) is 0 Å². The molecule has 0 unspecified atom stereocenters. The van der Waals surface area contributed by atoms with Gasteiger partial charge in [-0.1, -0.05) is 48.5 Å². The first-order valence-corrected chi connectivity index (χ1v) is 10.5. The summed E-state index contributed by atoms with van der Waals surface area (Å²) < 4.78 is 41.5. The number of benzene rings is 3. The third-order valence-electron chi connectivity index (χ3n) is 4.53. The number of hydrogen-bond donors (Lipinski definition) is 2. The van der Waals surface area contributed by atoms with Crippen molar-refractivity contribution < 1.29 is 22.7 Å². The minimum atomic E-state index is -4.06. The molecule has 3 aromatic rings. The average Bonchev–Trinajstić information content (AvgIpc) is 2.69. The summed E-state index contributed by atoms with van der Waals surface area (Å²) in [5.41, 5.74) is 2.12. The Morgan fingerprint density at radius 3 is 2.17 bits per heavy atom. The van der Waals surface area contributed by atoms with Crippen LogP contribution in [-0.4, -0.2) is 19.5 Å². The zero-order chi connectivity index (χ0) is 20.9. The molecular weight excluding hydrogens is 393 g/mol. The second-order valence-corrected chi connectivity index (χ2v) is 8.16. The fourth-order valence-electron chi connectivity index (χ4n) is 3.12. The van der Waals surface area contributed by atoms with Gasteiger partial charge in [-0.25, -0.2) is 17.6 Å². The molecule has 2 N–H and O–H groups in total. The van der Waals surface area contributed by atoms with Crippen molar-refractivity contribution in [2.24, 2.45) is 0 Å². The molecular formula is C22H20FNO4S. The highest BCUT2D eigenvalue weighted by atomic mass is 32.2. The Morgan fingerprint density at radius 1 is 0.862 bits per heavy atom. The molecule has 0 saturated heterocycles. The third kappa shape index (κ3) is 5.00. The van der Waals surface area contributed by atoms with Gasteiger partial charge in [-0.2, -0.15) is 0 Å². The number of carboxylic acids is 1. The summed E-state index contributed by atoms with van der Waals surface area (Å²) in [4.78, 5) is 10.9. The number of halogens is 1. The number of aromatic carboxylic acids is 1. The third-order valence-corrected chi connectivity index (χ3v) is 5.93. The zero-order valence-corrected chi connectivity index (χ0v) is 16.3. The van der Waals surface area contributed by atoms with E-state index in [2.05, 4.69) is 4.72 Å². The summed E-state index contributed by atoms with van der Waals surface area (Å²) in [7, 11) is -4.06. The van der Waals surface area contributed by atoms with E-state index in [1.807, 2.05) is 0 Å². The highest BCUT2D eigenvalue weighted by Gasteiger charge is 2.19. The van der Waals surface area contributed by atoms with Crippen molar-refractivity contribution in [3.63, 3.8) is 0 Å². The van der Waals surface area contributed by atoms with Gasteiger partial charge in [0.2, 0.25) is 0 Å². The molecule has 0 atom stereocenters. The molecule has 29 heavy (non-hydrogen) atoms. The lowest BCUT2D eigenvalue weighted by Crippen LogP contribution is -2.15. The van der Waals surface area contributed by atoms with Crippen molar-refractivity contribution in [1.82, 2.24) is 0 Å². The second-order valence-electron chi connectivity index (χ2n) is 6.51. The number of hydrogen-bond acceptors (Lipinski definition) is 3. The summed E-state index contributed by atoms with van der Waals surface area (Å²) in [5, 5.41) is 9.28. The number of sulfonamides is 1.